The van der Waals surface area contributed by atoms with Gasteiger partial charge in [-0.25, -0.2) is 0 Å². The molecule has 0 amide bonds. The molecule has 19 heavy (non-hydrogen) atoms. The van der Waals surface area contributed by atoms with Crippen LogP contribution in [0.15, 0.2) is 30.3 Å². The van der Waals surface area contributed by atoms with E-state index in [4.69, 9.17) is 4.74 Å². The van der Waals surface area contributed by atoms with E-state index in [0.717, 1.165) is 31.8 Å². The van der Waals surface area contributed by atoms with Crippen LogP contribution in [0, 0.1) is 11.8 Å². The molecule has 3 nitrogen and oxygen atoms in total. The van der Waals surface area contributed by atoms with E-state index in [-0.39, 0.29) is 12.0 Å². The zero-order chi connectivity index (χ0) is 13.7. The minimum absolute atomic E-state index is 0.253. The smallest absolute Gasteiger partial charge is 0.0827 e. The highest BCUT2D eigenvalue weighted by atomic mass is 16.5. The van der Waals surface area contributed by atoms with E-state index in [1.54, 1.807) is 7.11 Å². The van der Waals surface area contributed by atoms with Crippen molar-refractivity contribution in [1.29, 1.82) is 0 Å². The van der Waals surface area contributed by atoms with Gasteiger partial charge in [0, 0.05) is 20.2 Å². The Balaban J connectivity index is 1.83. The van der Waals surface area contributed by atoms with Crippen LogP contribution in [0.3, 0.4) is 0 Å². The zero-order valence-corrected chi connectivity index (χ0v) is 12.0. The number of methoxy groups -OCH3 is 1. The van der Waals surface area contributed by atoms with Crippen LogP contribution < -0.4 is 0 Å². The Bertz CT molecular complexity index is 368. The van der Waals surface area contributed by atoms with Crippen molar-refractivity contribution in [2.24, 2.45) is 11.8 Å². The Kier molecular flexibility index (Phi) is 5.37. The third kappa shape index (κ3) is 4.03. The number of nitrogens with zero attached hydrogens (tertiary/aromatic N) is 1. The second kappa shape index (κ2) is 7.04. The summed E-state index contributed by atoms with van der Waals surface area (Å²) in [6, 6.07) is 9.94. The molecule has 3 atom stereocenters. The number of hydrogen-bond acceptors (Lipinski definition) is 3. The number of likely N-dealkylation sites (tertiary alicyclic amines) is 1. The molecule has 1 heterocycles. The topological polar surface area (TPSA) is 32.7 Å². The summed E-state index contributed by atoms with van der Waals surface area (Å²) in [6.45, 7) is 6.16. The highest BCUT2D eigenvalue weighted by Crippen LogP contribution is 2.25. The van der Waals surface area contributed by atoms with Gasteiger partial charge in [-0.3, -0.25) is 0 Å². The third-order valence-electron chi connectivity index (χ3n) is 4.00. The molecule has 1 fully saturated rings. The summed E-state index contributed by atoms with van der Waals surface area (Å²) >= 11 is 0. The van der Waals surface area contributed by atoms with Crippen molar-refractivity contribution in [2.75, 3.05) is 33.4 Å². The maximum absolute atomic E-state index is 10.4. The summed E-state index contributed by atoms with van der Waals surface area (Å²) in [6.07, 6.45) is 0.838. The number of rotatable bonds is 6. The average molecular weight is 263 g/mol. The van der Waals surface area contributed by atoms with E-state index in [2.05, 4.69) is 11.8 Å². The summed E-state index contributed by atoms with van der Waals surface area (Å²) in [4.78, 5) is 2.44. The molecule has 3 heteroatoms. The lowest BCUT2D eigenvalue weighted by Gasteiger charge is -2.25. The first-order chi connectivity index (χ1) is 9.20. The van der Waals surface area contributed by atoms with Crippen LogP contribution in [0.1, 0.15) is 25.0 Å². The molecule has 0 saturated carbocycles. The van der Waals surface area contributed by atoms with E-state index in [1.165, 1.54) is 6.42 Å². The Hall–Kier alpha value is -0.900. The second-order valence-electron chi connectivity index (χ2n) is 5.70. The molecule has 2 rings (SSSR count). The van der Waals surface area contributed by atoms with E-state index < -0.39 is 0 Å². The number of hydrogen-bond donors (Lipinski definition) is 1. The van der Waals surface area contributed by atoms with Crippen molar-refractivity contribution in [2.45, 2.75) is 19.4 Å². The molecule has 0 aliphatic carbocycles. The van der Waals surface area contributed by atoms with Gasteiger partial charge in [-0.2, -0.15) is 0 Å². The molecule has 0 radical (unpaired) electrons. The van der Waals surface area contributed by atoms with Gasteiger partial charge in [0.1, 0.15) is 0 Å². The maximum atomic E-state index is 10.4. The molecule has 3 unspecified atom stereocenters. The van der Waals surface area contributed by atoms with Gasteiger partial charge in [-0.05, 0) is 30.4 Å². The van der Waals surface area contributed by atoms with Gasteiger partial charge in [0.2, 0.25) is 0 Å². The molecule has 1 N–H and O–H groups in total. The lowest BCUT2D eigenvalue weighted by Crippen LogP contribution is -2.29. The predicted octanol–water partition coefficient (Wildman–Crippen LogP) is 2.32. The molecule has 0 bridgehead atoms. The molecule has 1 saturated heterocycles. The first-order valence-corrected chi connectivity index (χ1v) is 7.15. The summed E-state index contributed by atoms with van der Waals surface area (Å²) in [5.74, 6) is 0.912. The van der Waals surface area contributed by atoms with Crippen molar-refractivity contribution in [3.63, 3.8) is 0 Å². The fourth-order valence-corrected chi connectivity index (χ4v) is 2.94. The Morgan fingerprint density at radius 2 is 2.11 bits per heavy atom. The summed E-state index contributed by atoms with van der Waals surface area (Å²) in [5.41, 5.74) is 1.02. The normalized spacial score (nSPS) is 23.4. The highest BCUT2D eigenvalue weighted by molar-refractivity contribution is 5.17. The van der Waals surface area contributed by atoms with Crippen molar-refractivity contribution in [1.82, 2.24) is 4.90 Å². The quantitative estimate of drug-likeness (QED) is 0.855. The Labute approximate surface area is 116 Å². The number of benzene rings is 1. The number of aliphatic hydroxyl groups excluding tert-OH is 1. The number of ether oxygens (including phenoxy) is 1. The summed E-state index contributed by atoms with van der Waals surface area (Å²) in [5, 5.41) is 10.4. The average Bonchev–Trinajstić information content (AvgIpc) is 2.86. The van der Waals surface area contributed by atoms with E-state index >= 15 is 0 Å². The fourth-order valence-electron chi connectivity index (χ4n) is 2.94. The van der Waals surface area contributed by atoms with Crippen LogP contribution >= 0.6 is 0 Å². The fraction of sp³-hybridized carbons (Fsp3) is 0.625. The lowest BCUT2D eigenvalue weighted by atomic mass is 9.97. The largest absolute Gasteiger partial charge is 0.388 e. The summed E-state index contributed by atoms with van der Waals surface area (Å²) < 4.78 is 5.22. The van der Waals surface area contributed by atoms with Crippen LogP contribution in [0.4, 0.5) is 0 Å². The van der Waals surface area contributed by atoms with E-state index in [9.17, 15) is 5.11 Å². The molecule has 0 spiro atoms. The molecule has 1 aromatic rings. The summed E-state index contributed by atoms with van der Waals surface area (Å²) in [7, 11) is 1.77. The van der Waals surface area contributed by atoms with Crippen molar-refractivity contribution < 1.29 is 9.84 Å². The minimum Gasteiger partial charge on any atom is -0.388 e. The maximum Gasteiger partial charge on any atom is 0.0827 e. The molecule has 1 aliphatic heterocycles. The zero-order valence-electron chi connectivity index (χ0n) is 12.0. The van der Waals surface area contributed by atoms with E-state index in [1.807, 2.05) is 30.3 Å². The van der Waals surface area contributed by atoms with Crippen LogP contribution in [0.2, 0.25) is 0 Å². The monoisotopic (exact) mass is 263 g/mol. The lowest BCUT2D eigenvalue weighted by molar-refractivity contribution is 0.0910. The molecule has 0 aromatic heterocycles. The van der Waals surface area contributed by atoms with Gasteiger partial charge in [-0.15, -0.1) is 0 Å². The van der Waals surface area contributed by atoms with Crippen LogP contribution in [-0.2, 0) is 4.74 Å². The Morgan fingerprint density at radius 3 is 2.79 bits per heavy atom. The Morgan fingerprint density at radius 1 is 1.37 bits per heavy atom. The number of aliphatic hydroxyl groups is 1. The van der Waals surface area contributed by atoms with Gasteiger partial charge < -0.3 is 14.7 Å². The molecule has 106 valence electrons. The van der Waals surface area contributed by atoms with Crippen LogP contribution in [0.25, 0.3) is 0 Å². The second-order valence-corrected chi connectivity index (χ2v) is 5.70. The van der Waals surface area contributed by atoms with Gasteiger partial charge in [0.05, 0.1) is 12.7 Å². The highest BCUT2D eigenvalue weighted by Gasteiger charge is 2.26. The van der Waals surface area contributed by atoms with Crippen molar-refractivity contribution in [3.05, 3.63) is 35.9 Å². The van der Waals surface area contributed by atoms with Gasteiger partial charge in [0.15, 0.2) is 0 Å². The standard InChI is InChI=1S/C16H25NO2/c1-13(16(18)15-6-4-3-5-7-15)10-17-9-8-14(11-17)12-19-2/h3-7,13-14,16,18H,8-12H2,1-2H3. The molecule has 1 aromatic carbocycles. The molecular formula is C16H25NO2. The first kappa shape index (κ1) is 14.5. The SMILES string of the molecule is COCC1CCN(CC(C)C(O)c2ccccc2)C1. The van der Waals surface area contributed by atoms with Crippen LogP contribution in [0.5, 0.6) is 0 Å². The van der Waals surface area contributed by atoms with Crippen molar-refractivity contribution in [3.8, 4) is 0 Å². The molecular weight excluding hydrogens is 238 g/mol. The predicted molar refractivity (Wildman–Crippen MR) is 77.0 cm³/mol. The van der Waals surface area contributed by atoms with Crippen LogP contribution in [-0.4, -0.2) is 43.4 Å². The first-order valence-electron chi connectivity index (χ1n) is 7.15. The van der Waals surface area contributed by atoms with Gasteiger partial charge in [0.25, 0.3) is 0 Å². The van der Waals surface area contributed by atoms with Gasteiger partial charge >= 0.3 is 0 Å². The molecule has 1 aliphatic rings. The van der Waals surface area contributed by atoms with Gasteiger partial charge in [-0.1, -0.05) is 37.3 Å². The third-order valence-corrected chi connectivity index (χ3v) is 4.00. The van der Waals surface area contributed by atoms with Crippen molar-refractivity contribution >= 4 is 0 Å². The van der Waals surface area contributed by atoms with E-state index in [0.29, 0.717) is 5.92 Å². The minimum atomic E-state index is -0.373.